The van der Waals surface area contributed by atoms with Crippen molar-refractivity contribution in [1.82, 2.24) is 19.8 Å². The lowest BCUT2D eigenvalue weighted by molar-refractivity contribution is -0.126. The molecule has 0 radical (unpaired) electrons. The highest BCUT2D eigenvalue weighted by Gasteiger charge is 2.31. The lowest BCUT2D eigenvalue weighted by Crippen LogP contribution is -2.39. The summed E-state index contributed by atoms with van der Waals surface area (Å²) < 4.78 is 7.36. The number of ether oxygens (including phenoxy) is 1. The van der Waals surface area contributed by atoms with Gasteiger partial charge in [-0.15, -0.1) is 0 Å². The number of fused-ring (bicyclic) bond motifs is 1. The van der Waals surface area contributed by atoms with Gasteiger partial charge in [-0.3, -0.25) is 19.1 Å². The molecular weight excluding hydrogens is 464 g/mol. The van der Waals surface area contributed by atoms with Gasteiger partial charge < -0.3 is 10.1 Å². The van der Waals surface area contributed by atoms with Crippen LogP contribution >= 0.6 is 11.8 Å². The van der Waals surface area contributed by atoms with Gasteiger partial charge in [0, 0.05) is 13.1 Å². The quantitative estimate of drug-likeness (QED) is 0.324. The van der Waals surface area contributed by atoms with Gasteiger partial charge in [-0.1, -0.05) is 42.1 Å². The summed E-state index contributed by atoms with van der Waals surface area (Å²) in [5.74, 6) is 1.00. The maximum atomic E-state index is 13.5. The van der Waals surface area contributed by atoms with Crippen LogP contribution in [0.5, 0.6) is 11.5 Å². The van der Waals surface area contributed by atoms with E-state index in [1.165, 1.54) is 9.47 Å². The van der Waals surface area contributed by atoms with Crippen LogP contribution in [0.3, 0.4) is 0 Å². The minimum absolute atomic E-state index is 0.242. The molecule has 1 atom stereocenters. The molecule has 4 aromatic rings. The van der Waals surface area contributed by atoms with Crippen molar-refractivity contribution < 1.29 is 14.3 Å². The average Bonchev–Trinajstić information content (AvgIpc) is 3.31. The third-order valence-electron chi connectivity index (χ3n) is 5.57. The van der Waals surface area contributed by atoms with Gasteiger partial charge in [0.25, 0.3) is 5.56 Å². The van der Waals surface area contributed by atoms with E-state index in [1.54, 1.807) is 49.4 Å². The summed E-state index contributed by atoms with van der Waals surface area (Å²) >= 11 is 1.15. The molecular formula is C26H22N4O4S. The van der Waals surface area contributed by atoms with E-state index in [2.05, 4.69) is 5.32 Å². The summed E-state index contributed by atoms with van der Waals surface area (Å²) in [4.78, 5) is 44.2. The first kappa shape index (κ1) is 22.7. The Morgan fingerprint density at radius 2 is 1.66 bits per heavy atom. The molecule has 0 spiro atoms. The molecule has 176 valence electrons. The first-order valence-electron chi connectivity index (χ1n) is 11.1. The maximum Gasteiger partial charge on any atom is 0.324 e. The van der Waals surface area contributed by atoms with Gasteiger partial charge >= 0.3 is 6.03 Å². The molecule has 3 aromatic carbocycles. The summed E-state index contributed by atoms with van der Waals surface area (Å²) in [6.45, 7) is 2.46. The van der Waals surface area contributed by atoms with Crippen molar-refractivity contribution in [3.05, 3.63) is 89.2 Å². The zero-order chi connectivity index (χ0) is 24.4. The van der Waals surface area contributed by atoms with Gasteiger partial charge in [-0.25, -0.2) is 9.78 Å². The maximum absolute atomic E-state index is 13.5. The molecule has 5 rings (SSSR count). The average molecular weight is 487 g/mol. The van der Waals surface area contributed by atoms with Gasteiger partial charge in [0.1, 0.15) is 11.5 Å². The molecule has 3 amide bonds. The summed E-state index contributed by atoms with van der Waals surface area (Å²) in [5, 5.41) is 2.85. The molecule has 1 aliphatic heterocycles. The normalized spacial score (nSPS) is 14.1. The number of urea groups is 1. The number of thioether (sulfide) groups is 1. The van der Waals surface area contributed by atoms with Crippen molar-refractivity contribution >= 4 is 34.6 Å². The van der Waals surface area contributed by atoms with Crippen LogP contribution in [0.2, 0.25) is 0 Å². The Labute approximate surface area is 205 Å². The molecule has 1 aliphatic rings. The van der Waals surface area contributed by atoms with Crippen LogP contribution in [0, 0.1) is 0 Å². The number of aromatic nitrogens is 2. The number of nitrogens with zero attached hydrogens (tertiary/aromatic N) is 3. The van der Waals surface area contributed by atoms with Crippen molar-refractivity contribution in [3.63, 3.8) is 0 Å². The van der Waals surface area contributed by atoms with Crippen molar-refractivity contribution in [1.29, 1.82) is 0 Å². The summed E-state index contributed by atoms with van der Waals surface area (Å²) in [6.07, 6.45) is 0. The Bertz CT molecular complexity index is 1450. The number of imide groups is 1. The summed E-state index contributed by atoms with van der Waals surface area (Å²) in [7, 11) is 0. The highest BCUT2D eigenvalue weighted by atomic mass is 32.2. The largest absolute Gasteiger partial charge is 0.457 e. The van der Waals surface area contributed by atoms with E-state index in [0.717, 1.165) is 11.8 Å². The Kier molecular flexibility index (Phi) is 6.24. The number of hydrogen-bond acceptors (Lipinski definition) is 6. The Balaban J connectivity index is 1.51. The number of benzene rings is 3. The Morgan fingerprint density at radius 1 is 0.971 bits per heavy atom. The summed E-state index contributed by atoms with van der Waals surface area (Å²) in [6, 6.07) is 23.2. The van der Waals surface area contributed by atoms with E-state index in [1.807, 2.05) is 36.4 Å². The van der Waals surface area contributed by atoms with E-state index in [9.17, 15) is 14.4 Å². The monoisotopic (exact) mass is 486 g/mol. The molecule has 9 heteroatoms. The van der Waals surface area contributed by atoms with Crippen molar-refractivity contribution in [2.24, 2.45) is 0 Å². The van der Waals surface area contributed by atoms with Crippen LogP contribution in [-0.4, -0.2) is 44.7 Å². The molecule has 1 unspecified atom stereocenters. The fourth-order valence-electron chi connectivity index (χ4n) is 3.82. The first-order chi connectivity index (χ1) is 17.0. The molecule has 35 heavy (non-hydrogen) atoms. The number of para-hydroxylation sites is 2. The number of amides is 3. The smallest absolute Gasteiger partial charge is 0.324 e. The number of nitrogens with one attached hydrogen (secondary N) is 1. The second kappa shape index (κ2) is 9.63. The van der Waals surface area contributed by atoms with Gasteiger partial charge in [0.2, 0.25) is 5.91 Å². The molecule has 1 saturated heterocycles. The fourth-order valence-corrected chi connectivity index (χ4v) is 4.81. The molecule has 1 fully saturated rings. The predicted molar refractivity (Wildman–Crippen MR) is 134 cm³/mol. The second-order valence-corrected chi connectivity index (χ2v) is 9.25. The van der Waals surface area contributed by atoms with Crippen molar-refractivity contribution in [2.45, 2.75) is 17.3 Å². The predicted octanol–water partition coefficient (Wildman–Crippen LogP) is 4.21. The molecule has 8 nitrogen and oxygen atoms in total. The lowest BCUT2D eigenvalue weighted by atomic mass is 10.2. The highest BCUT2D eigenvalue weighted by Crippen LogP contribution is 2.28. The molecule has 0 saturated carbocycles. The first-order valence-corrected chi connectivity index (χ1v) is 12.0. The fraction of sp³-hybridized carbons (Fsp3) is 0.154. The molecule has 2 heterocycles. The topological polar surface area (TPSA) is 93.5 Å². The zero-order valence-electron chi connectivity index (χ0n) is 18.9. The number of carbonyl (C=O) groups is 2. The number of rotatable bonds is 6. The SMILES string of the molecule is CC(Sc1nc2ccccc2c(=O)n1-c1ccc(Oc2ccccc2)cc1)C(=O)N1CCNC1=O. The molecule has 0 aliphatic carbocycles. The second-order valence-electron chi connectivity index (χ2n) is 7.94. The van der Waals surface area contributed by atoms with Crippen LogP contribution in [0.4, 0.5) is 4.79 Å². The van der Waals surface area contributed by atoms with Crippen molar-refractivity contribution in [3.8, 4) is 17.2 Å². The third-order valence-corrected chi connectivity index (χ3v) is 6.61. The number of hydrogen-bond donors (Lipinski definition) is 1. The minimum Gasteiger partial charge on any atom is -0.457 e. The Morgan fingerprint density at radius 3 is 2.37 bits per heavy atom. The Hall–Kier alpha value is -4.11. The van der Waals surface area contributed by atoms with Gasteiger partial charge in [0.15, 0.2) is 5.16 Å². The van der Waals surface area contributed by atoms with E-state index in [0.29, 0.717) is 46.3 Å². The third kappa shape index (κ3) is 4.63. The number of carbonyl (C=O) groups excluding carboxylic acids is 2. The van der Waals surface area contributed by atoms with E-state index in [4.69, 9.17) is 9.72 Å². The van der Waals surface area contributed by atoms with E-state index < -0.39 is 11.3 Å². The van der Waals surface area contributed by atoms with Gasteiger partial charge in [0.05, 0.1) is 21.8 Å². The van der Waals surface area contributed by atoms with Crippen molar-refractivity contribution in [2.75, 3.05) is 13.1 Å². The van der Waals surface area contributed by atoms with Gasteiger partial charge in [-0.05, 0) is 55.5 Å². The molecule has 1 N–H and O–H groups in total. The minimum atomic E-state index is -0.626. The van der Waals surface area contributed by atoms with Gasteiger partial charge in [-0.2, -0.15) is 0 Å². The van der Waals surface area contributed by atoms with E-state index >= 15 is 0 Å². The van der Waals surface area contributed by atoms with Crippen LogP contribution in [-0.2, 0) is 4.79 Å². The summed E-state index contributed by atoms with van der Waals surface area (Å²) in [5.41, 5.74) is 0.891. The highest BCUT2D eigenvalue weighted by molar-refractivity contribution is 8.00. The molecule has 0 bridgehead atoms. The lowest BCUT2D eigenvalue weighted by Gasteiger charge is -2.19. The standard InChI is InChI=1S/C26H22N4O4S/c1-17(23(31)29-16-15-27-25(29)33)35-26-28-22-10-6-5-9-21(22)24(32)30(26)18-11-13-20(14-12-18)34-19-7-3-2-4-8-19/h2-14,17H,15-16H2,1H3,(H,27,33). The van der Waals surface area contributed by atoms with Crippen LogP contribution in [0.15, 0.2) is 88.8 Å². The van der Waals surface area contributed by atoms with Crippen LogP contribution in [0.1, 0.15) is 6.92 Å². The van der Waals surface area contributed by atoms with Crippen LogP contribution in [0.25, 0.3) is 16.6 Å². The van der Waals surface area contributed by atoms with E-state index in [-0.39, 0.29) is 11.5 Å². The molecule has 1 aromatic heterocycles. The zero-order valence-corrected chi connectivity index (χ0v) is 19.7. The van der Waals surface area contributed by atoms with Crippen LogP contribution < -0.4 is 15.6 Å².